The van der Waals surface area contributed by atoms with Gasteiger partial charge in [-0.15, -0.1) is 0 Å². The maximum absolute atomic E-state index is 2.25. The van der Waals surface area contributed by atoms with E-state index in [1.165, 1.54) is 25.7 Å². The van der Waals surface area contributed by atoms with Crippen LogP contribution in [-0.4, -0.2) is 0 Å². The van der Waals surface area contributed by atoms with Gasteiger partial charge in [-0.1, -0.05) is 26.7 Å². The second-order valence-corrected chi connectivity index (χ2v) is 2.41. The topological polar surface area (TPSA) is 0 Å². The zero-order valence-corrected chi connectivity index (χ0v) is 7.33. The Hall–Kier alpha value is 0.597. The Morgan fingerprint density at radius 2 is 1.78 bits per heavy atom. The van der Waals surface area contributed by atoms with Gasteiger partial charge in [0.2, 0.25) is 0 Å². The molecule has 0 aromatic rings. The molecule has 50 valence electrons. The molecule has 0 fully saturated rings. The number of hydrogen-bond acceptors (Lipinski definition) is 0. The summed E-state index contributed by atoms with van der Waals surface area (Å²) in [5, 5.41) is 0. The number of hydrogen-bond donors (Lipinski definition) is 0. The Bertz CT molecular complexity index is 43.8. The van der Waals surface area contributed by atoms with Crippen LogP contribution in [0.4, 0.5) is 0 Å². The fourth-order valence-electron chi connectivity index (χ4n) is 0.655. The quantitative estimate of drug-likeness (QED) is 0.367. The van der Waals surface area contributed by atoms with Gasteiger partial charge < -0.3 is 5.92 Å². The van der Waals surface area contributed by atoms with E-state index in [0.717, 1.165) is 0 Å². The molecule has 1 heteroatoms. The maximum atomic E-state index is 2.25. The predicted molar refractivity (Wildman–Crippen MR) is 38.7 cm³/mol. The smallest absolute Gasteiger partial charge is 0.317 e. The summed E-state index contributed by atoms with van der Waals surface area (Å²) in [7, 11) is 0. The van der Waals surface area contributed by atoms with Gasteiger partial charge in [0.05, 0.1) is 0 Å². The zero-order chi connectivity index (χ0) is 6.41. The normalized spacial score (nSPS) is 9.33. The van der Waals surface area contributed by atoms with E-state index in [0.29, 0.717) is 0 Å². The Balaban J connectivity index is 0. The van der Waals surface area contributed by atoms with E-state index in [2.05, 4.69) is 20.8 Å². The van der Waals surface area contributed by atoms with E-state index in [1.54, 1.807) is 5.92 Å². The fraction of sp³-hybridized carbons (Fsp3) is 0.875. The number of rotatable bonds is 4. The molecule has 0 unspecified atom stereocenters. The van der Waals surface area contributed by atoms with Crippen LogP contribution in [0.3, 0.4) is 0 Å². The molecule has 0 radical (unpaired) electrons. The van der Waals surface area contributed by atoms with E-state index < -0.39 is 0 Å². The van der Waals surface area contributed by atoms with Crippen LogP contribution in [0, 0.1) is 5.92 Å². The van der Waals surface area contributed by atoms with Gasteiger partial charge in [0, 0.05) is 0 Å². The molecule has 9 heavy (non-hydrogen) atoms. The van der Waals surface area contributed by atoms with Crippen molar-refractivity contribution in [2.45, 2.75) is 46.5 Å². The van der Waals surface area contributed by atoms with Crippen LogP contribution in [0.15, 0.2) is 0 Å². The Morgan fingerprint density at radius 3 is 2.11 bits per heavy atom. The minimum Gasteiger partial charge on any atom is -0.317 e. The molecule has 0 spiro atoms. The molecule has 0 aliphatic rings. The summed E-state index contributed by atoms with van der Waals surface area (Å²) < 4.78 is 0. The molecule has 0 aromatic carbocycles. The third-order valence-corrected chi connectivity index (χ3v) is 1.56. The average Bonchev–Trinajstić information content (AvgIpc) is 1.83. The van der Waals surface area contributed by atoms with Crippen molar-refractivity contribution in [1.29, 1.82) is 0 Å². The number of unbranched alkanes of at least 4 members (excludes halogenated alkanes) is 1. The Morgan fingerprint density at radius 1 is 1.22 bits per heavy atom. The molecule has 0 bridgehead atoms. The van der Waals surface area contributed by atoms with Crippen LogP contribution in [0.5, 0.6) is 0 Å². The van der Waals surface area contributed by atoms with Crippen LogP contribution in [-0.2, 0) is 0 Å². The SMILES string of the molecule is CCCC[C-](C)CC.[Li+]. The van der Waals surface area contributed by atoms with Crippen LogP contribution < -0.4 is 18.9 Å². The minimum atomic E-state index is 0. The van der Waals surface area contributed by atoms with Crippen molar-refractivity contribution in [3.8, 4) is 0 Å². The summed E-state index contributed by atoms with van der Waals surface area (Å²) in [6, 6.07) is 0. The van der Waals surface area contributed by atoms with Crippen molar-refractivity contribution in [3.63, 3.8) is 0 Å². The first kappa shape index (κ1) is 12.3. The van der Waals surface area contributed by atoms with Gasteiger partial charge in [-0.2, -0.15) is 19.8 Å². The average molecular weight is 120 g/mol. The monoisotopic (exact) mass is 120 g/mol. The first-order chi connectivity index (χ1) is 3.81. The first-order valence-corrected chi connectivity index (χ1v) is 3.62. The summed E-state index contributed by atoms with van der Waals surface area (Å²) in [6.07, 6.45) is 5.31. The van der Waals surface area contributed by atoms with Crippen molar-refractivity contribution in [2.75, 3.05) is 0 Å². The molecular formula is C8H17Li. The molecule has 0 amide bonds. The van der Waals surface area contributed by atoms with Crippen molar-refractivity contribution in [1.82, 2.24) is 0 Å². The van der Waals surface area contributed by atoms with Crippen molar-refractivity contribution in [2.24, 2.45) is 0 Å². The van der Waals surface area contributed by atoms with Crippen LogP contribution >= 0.6 is 0 Å². The van der Waals surface area contributed by atoms with Gasteiger partial charge in [-0.05, 0) is 0 Å². The molecule has 0 aliphatic heterocycles. The largest absolute Gasteiger partial charge is 1.00 e. The van der Waals surface area contributed by atoms with E-state index in [-0.39, 0.29) is 18.9 Å². The fourth-order valence-corrected chi connectivity index (χ4v) is 0.655. The summed E-state index contributed by atoms with van der Waals surface area (Å²) in [5.74, 6) is 1.65. The second-order valence-electron chi connectivity index (χ2n) is 2.41. The van der Waals surface area contributed by atoms with Gasteiger partial charge in [0.1, 0.15) is 0 Å². The minimum absolute atomic E-state index is 0. The first-order valence-electron chi connectivity index (χ1n) is 3.62. The molecule has 0 saturated carbocycles. The summed E-state index contributed by atoms with van der Waals surface area (Å²) in [6.45, 7) is 6.71. The van der Waals surface area contributed by atoms with Gasteiger partial charge >= 0.3 is 18.9 Å². The molecular weight excluding hydrogens is 103 g/mol. The second kappa shape index (κ2) is 8.60. The van der Waals surface area contributed by atoms with Crippen molar-refractivity contribution in [3.05, 3.63) is 5.92 Å². The molecule has 0 saturated heterocycles. The molecule has 0 nitrogen and oxygen atoms in total. The predicted octanol–water partition coefficient (Wildman–Crippen LogP) is 0.185. The van der Waals surface area contributed by atoms with Crippen molar-refractivity contribution < 1.29 is 18.9 Å². The van der Waals surface area contributed by atoms with Gasteiger partial charge in [0.25, 0.3) is 0 Å². The van der Waals surface area contributed by atoms with E-state index >= 15 is 0 Å². The Kier molecular flexibility index (Phi) is 11.7. The summed E-state index contributed by atoms with van der Waals surface area (Å²) >= 11 is 0. The molecule has 0 heterocycles. The molecule has 0 aromatic heterocycles. The summed E-state index contributed by atoms with van der Waals surface area (Å²) in [5.41, 5.74) is 0. The third-order valence-electron chi connectivity index (χ3n) is 1.56. The van der Waals surface area contributed by atoms with E-state index in [1.807, 2.05) is 0 Å². The zero-order valence-electron chi connectivity index (χ0n) is 7.33. The molecule has 0 aliphatic carbocycles. The van der Waals surface area contributed by atoms with Gasteiger partial charge in [0.15, 0.2) is 0 Å². The Labute approximate surface area is 71.6 Å². The third kappa shape index (κ3) is 8.60. The van der Waals surface area contributed by atoms with Gasteiger partial charge in [-0.25, -0.2) is 0 Å². The van der Waals surface area contributed by atoms with Gasteiger partial charge in [-0.3, -0.25) is 0 Å². The molecule has 0 atom stereocenters. The molecule has 0 N–H and O–H groups in total. The standard InChI is InChI=1S/C8H17.Li/c1-4-6-7-8(3)5-2;/h4-7H2,1-3H3;/q-1;+1. The van der Waals surface area contributed by atoms with Crippen molar-refractivity contribution >= 4 is 0 Å². The summed E-state index contributed by atoms with van der Waals surface area (Å²) in [4.78, 5) is 0. The molecule has 0 rings (SSSR count). The maximum Gasteiger partial charge on any atom is 1.00 e. The van der Waals surface area contributed by atoms with E-state index in [4.69, 9.17) is 0 Å². The van der Waals surface area contributed by atoms with Crippen LogP contribution in [0.2, 0.25) is 0 Å². The van der Waals surface area contributed by atoms with E-state index in [9.17, 15) is 0 Å². The van der Waals surface area contributed by atoms with Crippen LogP contribution in [0.25, 0.3) is 0 Å². The van der Waals surface area contributed by atoms with Crippen LogP contribution in [0.1, 0.15) is 46.5 Å².